The van der Waals surface area contributed by atoms with Gasteiger partial charge in [-0.3, -0.25) is 9.59 Å². The smallest absolute Gasteiger partial charge is 0.322 e. The number of halogens is 2. The van der Waals surface area contributed by atoms with E-state index < -0.39 is 11.6 Å². The van der Waals surface area contributed by atoms with E-state index in [1.54, 1.807) is 29.2 Å². The monoisotopic (exact) mass is 535 g/mol. The molecule has 4 rings (SSSR count). The third-order valence-electron chi connectivity index (χ3n) is 6.40. The quantitative estimate of drug-likeness (QED) is 0.434. The summed E-state index contributed by atoms with van der Waals surface area (Å²) in [5.74, 6) is -1.57. The standard InChI is InChI=1S/C29H31F2N5O3/c1-2-15-36(28(38)21-7-9-22(30)10-8-21)20-27(37)32-23-11-13-24(14-12-23)34-16-18-35(19-17-34)29(39)33-26-6-4-3-5-25(26)31/h3-14H,2,15-20H2,1H3,(H,32,37)(H,33,39). The molecule has 1 aliphatic heterocycles. The largest absolute Gasteiger partial charge is 0.368 e. The molecule has 3 aromatic carbocycles. The fourth-order valence-electron chi connectivity index (χ4n) is 4.35. The van der Waals surface area contributed by atoms with Gasteiger partial charge in [0.1, 0.15) is 18.2 Å². The number of piperazine rings is 1. The van der Waals surface area contributed by atoms with E-state index >= 15 is 0 Å². The van der Waals surface area contributed by atoms with Crippen molar-refractivity contribution in [3.63, 3.8) is 0 Å². The third-order valence-corrected chi connectivity index (χ3v) is 6.40. The molecule has 0 aromatic heterocycles. The van der Waals surface area contributed by atoms with Crippen LogP contribution in [-0.2, 0) is 4.79 Å². The highest BCUT2D eigenvalue weighted by Crippen LogP contribution is 2.21. The highest BCUT2D eigenvalue weighted by Gasteiger charge is 2.22. The van der Waals surface area contributed by atoms with E-state index in [2.05, 4.69) is 15.5 Å². The average Bonchev–Trinajstić information content (AvgIpc) is 2.94. The zero-order valence-corrected chi connectivity index (χ0v) is 21.7. The van der Waals surface area contributed by atoms with Crippen molar-refractivity contribution in [2.45, 2.75) is 13.3 Å². The lowest BCUT2D eigenvalue weighted by atomic mass is 10.2. The van der Waals surface area contributed by atoms with Gasteiger partial charge in [0.15, 0.2) is 0 Å². The summed E-state index contributed by atoms with van der Waals surface area (Å²) in [6.45, 7) is 4.36. The normalized spacial score (nSPS) is 13.1. The molecule has 2 N–H and O–H groups in total. The molecule has 0 aliphatic carbocycles. The van der Waals surface area contributed by atoms with Crippen LogP contribution in [0.25, 0.3) is 0 Å². The lowest BCUT2D eigenvalue weighted by Gasteiger charge is -2.36. The van der Waals surface area contributed by atoms with Gasteiger partial charge in [0.2, 0.25) is 5.91 Å². The van der Waals surface area contributed by atoms with Crippen LogP contribution < -0.4 is 15.5 Å². The zero-order chi connectivity index (χ0) is 27.8. The molecule has 10 heteroatoms. The van der Waals surface area contributed by atoms with Crippen molar-refractivity contribution in [3.8, 4) is 0 Å². The van der Waals surface area contributed by atoms with Crippen molar-refractivity contribution in [3.05, 3.63) is 90.0 Å². The molecule has 1 saturated heterocycles. The van der Waals surface area contributed by atoms with Gasteiger partial charge >= 0.3 is 6.03 Å². The Morgan fingerprint density at radius 1 is 0.846 bits per heavy atom. The maximum atomic E-state index is 13.8. The van der Waals surface area contributed by atoms with Gasteiger partial charge in [-0.15, -0.1) is 0 Å². The van der Waals surface area contributed by atoms with E-state index in [1.165, 1.54) is 41.3 Å². The van der Waals surface area contributed by atoms with Gasteiger partial charge in [-0.2, -0.15) is 0 Å². The van der Waals surface area contributed by atoms with Gasteiger partial charge in [-0.25, -0.2) is 13.6 Å². The van der Waals surface area contributed by atoms with Crippen LogP contribution in [0.4, 0.5) is 30.6 Å². The highest BCUT2D eigenvalue weighted by atomic mass is 19.1. The molecule has 0 radical (unpaired) electrons. The molecule has 0 saturated carbocycles. The number of carbonyl (C=O) groups is 3. The number of rotatable bonds is 8. The summed E-state index contributed by atoms with van der Waals surface area (Å²) in [5.41, 5.74) is 2.02. The minimum absolute atomic E-state index is 0.122. The van der Waals surface area contributed by atoms with Crippen molar-refractivity contribution in [2.24, 2.45) is 0 Å². The Labute approximate surface area is 226 Å². The first kappa shape index (κ1) is 27.6. The Hall–Kier alpha value is -4.47. The van der Waals surface area contributed by atoms with Gasteiger partial charge in [-0.05, 0) is 67.1 Å². The van der Waals surface area contributed by atoms with Crippen molar-refractivity contribution in [2.75, 3.05) is 54.8 Å². The highest BCUT2D eigenvalue weighted by molar-refractivity contribution is 5.99. The summed E-state index contributed by atoms with van der Waals surface area (Å²) in [7, 11) is 0. The van der Waals surface area contributed by atoms with Crippen molar-refractivity contribution >= 4 is 34.9 Å². The number of nitrogens with zero attached hydrogens (tertiary/aromatic N) is 3. The number of nitrogens with one attached hydrogen (secondary N) is 2. The molecule has 39 heavy (non-hydrogen) atoms. The van der Waals surface area contributed by atoms with E-state index in [1.807, 2.05) is 19.1 Å². The van der Waals surface area contributed by atoms with Crippen LogP contribution in [0, 0.1) is 11.6 Å². The molecule has 1 aliphatic rings. The third kappa shape index (κ3) is 7.31. The summed E-state index contributed by atoms with van der Waals surface area (Å²) >= 11 is 0. The van der Waals surface area contributed by atoms with Crippen LogP contribution in [0.1, 0.15) is 23.7 Å². The number of urea groups is 1. The molecule has 0 unspecified atom stereocenters. The summed E-state index contributed by atoms with van der Waals surface area (Å²) in [5, 5.41) is 5.44. The maximum absolute atomic E-state index is 13.8. The number of hydrogen-bond acceptors (Lipinski definition) is 4. The molecule has 8 nitrogen and oxygen atoms in total. The summed E-state index contributed by atoms with van der Waals surface area (Å²) in [6.07, 6.45) is 0.674. The molecule has 1 heterocycles. The number of hydrogen-bond donors (Lipinski definition) is 2. The molecule has 1 fully saturated rings. The maximum Gasteiger partial charge on any atom is 0.322 e. The minimum atomic E-state index is -0.478. The fourth-order valence-corrected chi connectivity index (χ4v) is 4.35. The van der Waals surface area contributed by atoms with E-state index in [0.717, 1.165) is 5.69 Å². The van der Waals surface area contributed by atoms with Gasteiger partial charge in [0.05, 0.1) is 5.69 Å². The SMILES string of the molecule is CCCN(CC(=O)Nc1ccc(N2CCN(C(=O)Nc3ccccc3F)CC2)cc1)C(=O)c1ccc(F)cc1. The van der Waals surface area contributed by atoms with E-state index in [9.17, 15) is 23.2 Å². The lowest BCUT2D eigenvalue weighted by Crippen LogP contribution is -2.50. The number of benzene rings is 3. The van der Waals surface area contributed by atoms with Crippen LogP contribution in [0.2, 0.25) is 0 Å². The second-order valence-electron chi connectivity index (χ2n) is 9.21. The van der Waals surface area contributed by atoms with Crippen LogP contribution in [0.15, 0.2) is 72.8 Å². The molecular weight excluding hydrogens is 504 g/mol. The van der Waals surface area contributed by atoms with Crippen molar-refractivity contribution < 1.29 is 23.2 Å². The van der Waals surface area contributed by atoms with Gasteiger partial charge in [0.25, 0.3) is 5.91 Å². The first-order valence-electron chi connectivity index (χ1n) is 12.8. The number of anilines is 3. The van der Waals surface area contributed by atoms with E-state index in [0.29, 0.717) is 50.4 Å². The predicted octanol–water partition coefficient (Wildman–Crippen LogP) is 4.81. The Balaban J connectivity index is 1.28. The van der Waals surface area contributed by atoms with Crippen molar-refractivity contribution in [1.29, 1.82) is 0 Å². The van der Waals surface area contributed by atoms with Gasteiger partial charge in [-0.1, -0.05) is 19.1 Å². The first-order chi connectivity index (χ1) is 18.8. The molecule has 204 valence electrons. The van der Waals surface area contributed by atoms with Gasteiger partial charge in [0, 0.05) is 49.7 Å². The molecule has 3 aromatic rings. The summed E-state index contributed by atoms with van der Waals surface area (Å²) in [6, 6.07) is 18.3. The Bertz CT molecular complexity index is 1290. The Morgan fingerprint density at radius 2 is 1.51 bits per heavy atom. The number of para-hydroxylation sites is 1. The molecular formula is C29H31F2N5O3. The van der Waals surface area contributed by atoms with Crippen molar-refractivity contribution in [1.82, 2.24) is 9.80 Å². The van der Waals surface area contributed by atoms with Crippen LogP contribution in [0.5, 0.6) is 0 Å². The second-order valence-corrected chi connectivity index (χ2v) is 9.21. The number of amides is 4. The molecule has 0 bridgehead atoms. The summed E-state index contributed by atoms with van der Waals surface area (Å²) < 4.78 is 27.0. The van der Waals surface area contributed by atoms with E-state index in [4.69, 9.17) is 0 Å². The predicted molar refractivity (Wildman–Crippen MR) is 147 cm³/mol. The van der Waals surface area contributed by atoms with Gasteiger partial charge < -0.3 is 25.3 Å². The Morgan fingerprint density at radius 3 is 2.15 bits per heavy atom. The van der Waals surface area contributed by atoms with Crippen LogP contribution >= 0.6 is 0 Å². The number of carbonyl (C=O) groups excluding carboxylic acids is 3. The van der Waals surface area contributed by atoms with Crippen LogP contribution in [0.3, 0.4) is 0 Å². The molecule has 0 spiro atoms. The average molecular weight is 536 g/mol. The first-order valence-corrected chi connectivity index (χ1v) is 12.8. The van der Waals surface area contributed by atoms with E-state index in [-0.39, 0.29) is 30.1 Å². The zero-order valence-electron chi connectivity index (χ0n) is 21.7. The molecule has 4 amide bonds. The Kier molecular flexibility index (Phi) is 9.09. The minimum Gasteiger partial charge on any atom is -0.368 e. The fraction of sp³-hybridized carbons (Fsp3) is 0.276. The van der Waals surface area contributed by atoms with Crippen LogP contribution in [-0.4, -0.2) is 66.9 Å². The topological polar surface area (TPSA) is 85.0 Å². The summed E-state index contributed by atoms with van der Waals surface area (Å²) in [4.78, 5) is 43.2. The second kappa shape index (κ2) is 12.9. The lowest BCUT2D eigenvalue weighted by molar-refractivity contribution is -0.116. The molecule has 0 atom stereocenters.